The van der Waals surface area contributed by atoms with Crippen LogP contribution in [-0.2, 0) is 6.18 Å². The molecule has 1 rings (SSSR count). The van der Waals surface area contributed by atoms with Gasteiger partial charge in [0.05, 0.1) is 5.56 Å². The Morgan fingerprint density at radius 3 is 2.06 bits per heavy atom. The third kappa shape index (κ3) is 3.14. The SMILES string of the molecule is NCC=Cc1c(Cl)cc(C(F)(F)F)cc1Cl. The molecule has 1 nitrogen and oxygen atoms in total. The van der Waals surface area contributed by atoms with Crippen LogP contribution in [0.25, 0.3) is 6.08 Å². The van der Waals surface area contributed by atoms with Crippen LogP contribution in [0.1, 0.15) is 11.1 Å². The summed E-state index contributed by atoms with van der Waals surface area (Å²) in [5, 5.41) is -0.103. The molecule has 16 heavy (non-hydrogen) atoms. The number of benzene rings is 1. The van der Waals surface area contributed by atoms with Crippen molar-refractivity contribution in [2.75, 3.05) is 6.54 Å². The van der Waals surface area contributed by atoms with Crippen LogP contribution in [0.15, 0.2) is 18.2 Å². The van der Waals surface area contributed by atoms with E-state index < -0.39 is 11.7 Å². The molecule has 0 unspecified atom stereocenters. The van der Waals surface area contributed by atoms with E-state index in [1.807, 2.05) is 0 Å². The van der Waals surface area contributed by atoms with Crippen LogP contribution >= 0.6 is 23.2 Å². The molecular weight excluding hydrogens is 262 g/mol. The lowest BCUT2D eigenvalue weighted by Gasteiger charge is -2.10. The first-order chi connectivity index (χ1) is 7.36. The van der Waals surface area contributed by atoms with E-state index in [2.05, 4.69) is 0 Å². The maximum Gasteiger partial charge on any atom is 0.416 e. The van der Waals surface area contributed by atoms with Crippen LogP contribution in [0.3, 0.4) is 0 Å². The number of halogens is 5. The number of hydrogen-bond acceptors (Lipinski definition) is 1. The van der Waals surface area contributed by atoms with Gasteiger partial charge in [0.2, 0.25) is 0 Å². The minimum Gasteiger partial charge on any atom is -0.327 e. The van der Waals surface area contributed by atoms with Gasteiger partial charge in [-0.15, -0.1) is 0 Å². The van der Waals surface area contributed by atoms with Gasteiger partial charge in [-0.2, -0.15) is 13.2 Å². The highest BCUT2D eigenvalue weighted by molar-refractivity contribution is 6.37. The molecule has 0 spiro atoms. The Kier molecular flexibility index (Phi) is 4.24. The fraction of sp³-hybridized carbons (Fsp3) is 0.200. The molecule has 0 heterocycles. The molecule has 0 fully saturated rings. The van der Waals surface area contributed by atoms with E-state index in [9.17, 15) is 13.2 Å². The molecule has 0 atom stereocenters. The molecule has 0 aromatic heterocycles. The Morgan fingerprint density at radius 2 is 1.69 bits per heavy atom. The summed E-state index contributed by atoms with van der Waals surface area (Å²) in [5.74, 6) is 0. The van der Waals surface area contributed by atoms with E-state index >= 15 is 0 Å². The van der Waals surface area contributed by atoms with E-state index in [0.717, 1.165) is 12.1 Å². The molecule has 0 saturated heterocycles. The second kappa shape index (κ2) is 5.08. The van der Waals surface area contributed by atoms with Crippen LogP contribution in [0.4, 0.5) is 13.2 Å². The van der Waals surface area contributed by atoms with Gasteiger partial charge < -0.3 is 5.73 Å². The van der Waals surface area contributed by atoms with Gasteiger partial charge in [0, 0.05) is 22.2 Å². The topological polar surface area (TPSA) is 26.0 Å². The number of nitrogens with two attached hydrogens (primary N) is 1. The Hall–Kier alpha value is -0.710. The van der Waals surface area contributed by atoms with Gasteiger partial charge in [-0.25, -0.2) is 0 Å². The maximum atomic E-state index is 12.4. The quantitative estimate of drug-likeness (QED) is 0.864. The van der Waals surface area contributed by atoms with E-state index in [-0.39, 0.29) is 16.6 Å². The average molecular weight is 270 g/mol. The second-order valence-electron chi connectivity index (χ2n) is 2.99. The van der Waals surface area contributed by atoms with Crippen molar-refractivity contribution in [3.63, 3.8) is 0 Å². The van der Waals surface area contributed by atoms with Crippen LogP contribution in [-0.4, -0.2) is 6.54 Å². The molecule has 6 heteroatoms. The summed E-state index contributed by atoms with van der Waals surface area (Å²) < 4.78 is 37.1. The van der Waals surface area contributed by atoms with Gasteiger partial charge >= 0.3 is 6.18 Å². The zero-order chi connectivity index (χ0) is 12.3. The molecule has 0 radical (unpaired) electrons. The first-order valence-electron chi connectivity index (χ1n) is 4.29. The summed E-state index contributed by atoms with van der Waals surface area (Å²) in [7, 11) is 0. The molecule has 2 N–H and O–H groups in total. The minimum absolute atomic E-state index is 0.0514. The van der Waals surface area contributed by atoms with Crippen molar-refractivity contribution in [3.8, 4) is 0 Å². The van der Waals surface area contributed by atoms with Gasteiger partial charge in [0.25, 0.3) is 0 Å². The highest BCUT2D eigenvalue weighted by atomic mass is 35.5. The Bertz CT molecular complexity index is 390. The predicted octanol–water partition coefficient (Wildman–Crippen LogP) is 3.98. The lowest BCUT2D eigenvalue weighted by Crippen LogP contribution is -2.05. The number of hydrogen-bond donors (Lipinski definition) is 1. The molecule has 88 valence electrons. The van der Waals surface area contributed by atoms with Gasteiger partial charge in [-0.1, -0.05) is 35.4 Å². The van der Waals surface area contributed by atoms with Crippen LogP contribution < -0.4 is 5.73 Å². The molecule has 1 aromatic carbocycles. The van der Waals surface area contributed by atoms with Crippen LogP contribution in [0, 0.1) is 0 Å². The second-order valence-corrected chi connectivity index (χ2v) is 3.80. The minimum atomic E-state index is -4.45. The average Bonchev–Trinajstić information content (AvgIpc) is 2.15. The molecule has 0 saturated carbocycles. The Balaban J connectivity index is 3.23. The molecule has 0 bridgehead atoms. The van der Waals surface area contributed by atoms with Crippen LogP contribution in [0.2, 0.25) is 10.0 Å². The summed E-state index contributed by atoms with van der Waals surface area (Å²) in [4.78, 5) is 0. The largest absolute Gasteiger partial charge is 0.416 e. The zero-order valence-electron chi connectivity index (χ0n) is 7.98. The van der Waals surface area contributed by atoms with Gasteiger partial charge in [-0.3, -0.25) is 0 Å². The predicted molar refractivity (Wildman–Crippen MR) is 59.6 cm³/mol. The Morgan fingerprint density at radius 1 is 1.19 bits per heavy atom. The number of rotatable bonds is 2. The number of alkyl halides is 3. The summed E-state index contributed by atoms with van der Waals surface area (Å²) >= 11 is 11.4. The molecule has 0 aliphatic carbocycles. The monoisotopic (exact) mass is 269 g/mol. The third-order valence-corrected chi connectivity index (χ3v) is 2.45. The van der Waals surface area contributed by atoms with Crippen molar-refractivity contribution in [3.05, 3.63) is 39.4 Å². The van der Waals surface area contributed by atoms with Crippen molar-refractivity contribution in [1.82, 2.24) is 0 Å². The molecule has 0 aliphatic heterocycles. The first-order valence-corrected chi connectivity index (χ1v) is 5.04. The van der Waals surface area contributed by atoms with Crippen molar-refractivity contribution in [2.24, 2.45) is 5.73 Å². The molecule has 0 amide bonds. The molecule has 1 aromatic rings. The molecule has 0 aliphatic rings. The highest BCUT2D eigenvalue weighted by Gasteiger charge is 2.31. The molecular formula is C10H8Cl2F3N. The van der Waals surface area contributed by atoms with Crippen molar-refractivity contribution in [2.45, 2.75) is 6.18 Å². The Labute approximate surface area is 101 Å². The van der Waals surface area contributed by atoms with Crippen molar-refractivity contribution in [1.29, 1.82) is 0 Å². The van der Waals surface area contributed by atoms with Gasteiger partial charge in [-0.05, 0) is 12.1 Å². The summed E-state index contributed by atoms with van der Waals surface area (Å²) in [5.41, 5.74) is 4.69. The van der Waals surface area contributed by atoms with E-state index in [1.165, 1.54) is 6.08 Å². The van der Waals surface area contributed by atoms with Crippen molar-refractivity contribution >= 4 is 29.3 Å². The smallest absolute Gasteiger partial charge is 0.327 e. The zero-order valence-corrected chi connectivity index (χ0v) is 9.50. The fourth-order valence-electron chi connectivity index (χ4n) is 1.09. The standard InChI is InChI=1S/C10H8Cl2F3N/c11-8-4-6(10(13,14)15)5-9(12)7(8)2-1-3-16/h1-2,4-5H,3,16H2. The summed E-state index contributed by atoms with van der Waals surface area (Å²) in [6, 6.07) is 1.67. The van der Waals surface area contributed by atoms with Gasteiger partial charge in [0.1, 0.15) is 0 Å². The highest BCUT2D eigenvalue weighted by Crippen LogP contribution is 2.36. The normalized spacial score (nSPS) is 12.4. The summed E-state index contributed by atoms with van der Waals surface area (Å²) in [6.07, 6.45) is -1.41. The van der Waals surface area contributed by atoms with Crippen molar-refractivity contribution < 1.29 is 13.2 Å². The van der Waals surface area contributed by atoms with E-state index in [0.29, 0.717) is 5.56 Å². The third-order valence-electron chi connectivity index (χ3n) is 1.83. The van der Waals surface area contributed by atoms with Gasteiger partial charge in [0.15, 0.2) is 0 Å². The van der Waals surface area contributed by atoms with Crippen LogP contribution in [0.5, 0.6) is 0 Å². The fourth-order valence-corrected chi connectivity index (χ4v) is 1.71. The lowest BCUT2D eigenvalue weighted by molar-refractivity contribution is -0.137. The van der Waals surface area contributed by atoms with E-state index in [4.69, 9.17) is 28.9 Å². The summed E-state index contributed by atoms with van der Waals surface area (Å²) in [6.45, 7) is 0.258. The van der Waals surface area contributed by atoms with E-state index in [1.54, 1.807) is 6.08 Å². The maximum absolute atomic E-state index is 12.4. The first kappa shape index (κ1) is 13.4. The lowest BCUT2D eigenvalue weighted by atomic mass is 10.1.